The van der Waals surface area contributed by atoms with Crippen molar-refractivity contribution in [2.24, 2.45) is 7.05 Å². The molecule has 11 heteroatoms. The van der Waals surface area contributed by atoms with Gasteiger partial charge < -0.3 is 10.1 Å². The maximum atomic E-state index is 12.1. The minimum Gasteiger partial charge on any atom is -0.494 e. The van der Waals surface area contributed by atoms with Gasteiger partial charge in [0.1, 0.15) is 11.5 Å². The predicted molar refractivity (Wildman–Crippen MR) is 110 cm³/mol. The number of sulfone groups is 1. The van der Waals surface area contributed by atoms with Crippen LogP contribution in [0, 0.1) is 0 Å². The summed E-state index contributed by atoms with van der Waals surface area (Å²) in [4.78, 5) is 14.4. The van der Waals surface area contributed by atoms with Crippen molar-refractivity contribution < 1.29 is 17.9 Å². The SMILES string of the molecule is Cn1nnnc1S(=O)(=O)CC(=O)NCCCOc1cccc(CN2CCCCC2)c1. The number of carbonyl (C=O) groups excluding carboxylic acids is 1. The summed E-state index contributed by atoms with van der Waals surface area (Å²) < 4.78 is 31.0. The van der Waals surface area contributed by atoms with Crippen LogP contribution in [0.2, 0.25) is 0 Å². The highest BCUT2D eigenvalue weighted by Gasteiger charge is 2.24. The quantitative estimate of drug-likeness (QED) is 0.537. The highest BCUT2D eigenvalue weighted by molar-refractivity contribution is 7.91. The summed E-state index contributed by atoms with van der Waals surface area (Å²) in [6.45, 7) is 3.97. The number of carbonyl (C=O) groups is 1. The van der Waals surface area contributed by atoms with Crippen LogP contribution in [0.1, 0.15) is 31.2 Å². The van der Waals surface area contributed by atoms with Crippen LogP contribution in [0.4, 0.5) is 0 Å². The second kappa shape index (κ2) is 10.5. The molecule has 0 saturated carbocycles. The molecular formula is C19H28N6O4S. The van der Waals surface area contributed by atoms with Crippen LogP contribution >= 0.6 is 0 Å². The maximum Gasteiger partial charge on any atom is 0.267 e. The molecule has 2 aromatic rings. The van der Waals surface area contributed by atoms with Gasteiger partial charge in [0, 0.05) is 20.1 Å². The number of ether oxygens (including phenoxy) is 1. The fourth-order valence-corrected chi connectivity index (χ4v) is 4.55. The van der Waals surface area contributed by atoms with Crippen molar-refractivity contribution in [2.75, 3.05) is 32.0 Å². The molecule has 1 fully saturated rings. The molecule has 0 atom stereocenters. The number of benzene rings is 1. The Hall–Kier alpha value is -2.53. The number of aryl methyl sites for hydroxylation is 1. The van der Waals surface area contributed by atoms with Crippen LogP contribution in [0.15, 0.2) is 29.4 Å². The van der Waals surface area contributed by atoms with E-state index in [0.717, 1.165) is 30.1 Å². The average Bonchev–Trinajstić information content (AvgIpc) is 3.15. The summed E-state index contributed by atoms with van der Waals surface area (Å²) >= 11 is 0. The summed E-state index contributed by atoms with van der Waals surface area (Å²) in [6.07, 6.45) is 4.41. The number of nitrogens with one attached hydrogen (secondary N) is 1. The van der Waals surface area contributed by atoms with E-state index in [4.69, 9.17) is 4.74 Å². The average molecular weight is 437 g/mol. The molecule has 30 heavy (non-hydrogen) atoms. The van der Waals surface area contributed by atoms with Crippen LogP contribution in [0.25, 0.3) is 0 Å². The third-order valence-electron chi connectivity index (χ3n) is 4.85. The number of hydrogen-bond donors (Lipinski definition) is 1. The fraction of sp³-hybridized carbons (Fsp3) is 0.579. The number of hydrogen-bond acceptors (Lipinski definition) is 8. The second-order valence-corrected chi connectivity index (χ2v) is 9.26. The van der Waals surface area contributed by atoms with Crippen LogP contribution in [-0.4, -0.2) is 71.4 Å². The molecule has 2 heterocycles. The highest BCUT2D eigenvalue weighted by atomic mass is 32.2. The summed E-state index contributed by atoms with van der Waals surface area (Å²) in [6, 6.07) is 8.06. The van der Waals surface area contributed by atoms with Gasteiger partial charge in [-0.2, -0.15) is 0 Å². The third kappa shape index (κ3) is 6.49. The monoisotopic (exact) mass is 436 g/mol. The van der Waals surface area contributed by atoms with E-state index < -0.39 is 21.5 Å². The first-order chi connectivity index (χ1) is 14.4. The van der Waals surface area contributed by atoms with Crippen LogP contribution in [0.5, 0.6) is 5.75 Å². The van der Waals surface area contributed by atoms with E-state index in [1.54, 1.807) is 0 Å². The number of tetrazole rings is 1. The van der Waals surface area contributed by atoms with Gasteiger partial charge in [0.15, 0.2) is 0 Å². The van der Waals surface area contributed by atoms with Crippen molar-refractivity contribution in [3.05, 3.63) is 29.8 Å². The fourth-order valence-electron chi connectivity index (χ4n) is 3.37. The third-order valence-corrected chi connectivity index (χ3v) is 6.39. The first-order valence-electron chi connectivity index (χ1n) is 10.1. The minimum absolute atomic E-state index is 0.318. The molecule has 1 amide bonds. The zero-order chi connectivity index (χ0) is 21.4. The van der Waals surface area contributed by atoms with Gasteiger partial charge >= 0.3 is 0 Å². The van der Waals surface area contributed by atoms with Crippen LogP contribution < -0.4 is 10.1 Å². The number of nitrogens with zero attached hydrogens (tertiary/aromatic N) is 5. The predicted octanol–water partition coefficient (Wildman–Crippen LogP) is 0.555. The molecule has 0 bridgehead atoms. The Balaban J connectivity index is 1.36. The molecule has 1 aliphatic rings. The number of likely N-dealkylation sites (tertiary alicyclic amines) is 1. The van der Waals surface area contributed by atoms with E-state index in [1.165, 1.54) is 31.9 Å². The molecule has 1 saturated heterocycles. The molecule has 10 nitrogen and oxygen atoms in total. The largest absolute Gasteiger partial charge is 0.494 e. The van der Waals surface area contributed by atoms with Gasteiger partial charge in [0.25, 0.3) is 5.16 Å². The number of aromatic nitrogens is 4. The smallest absolute Gasteiger partial charge is 0.267 e. The molecule has 1 aliphatic heterocycles. The molecule has 0 aliphatic carbocycles. The summed E-state index contributed by atoms with van der Waals surface area (Å²) in [5.74, 6) is -0.490. The van der Waals surface area contributed by atoms with Crippen molar-refractivity contribution >= 4 is 15.7 Å². The summed E-state index contributed by atoms with van der Waals surface area (Å²) in [5, 5.41) is 12.5. The van der Waals surface area contributed by atoms with Gasteiger partial charge in [-0.15, -0.1) is 0 Å². The lowest BCUT2D eigenvalue weighted by molar-refractivity contribution is -0.118. The molecule has 3 rings (SSSR count). The molecule has 0 spiro atoms. The van der Waals surface area contributed by atoms with E-state index in [2.05, 4.69) is 37.9 Å². The van der Waals surface area contributed by atoms with Gasteiger partial charge in [-0.25, -0.2) is 13.1 Å². The zero-order valence-electron chi connectivity index (χ0n) is 17.2. The molecular weight excluding hydrogens is 408 g/mol. The zero-order valence-corrected chi connectivity index (χ0v) is 18.0. The Morgan fingerprint density at radius 1 is 1.23 bits per heavy atom. The Bertz CT molecular complexity index is 940. The molecule has 164 valence electrons. The van der Waals surface area contributed by atoms with E-state index in [1.807, 2.05) is 12.1 Å². The van der Waals surface area contributed by atoms with E-state index in [9.17, 15) is 13.2 Å². The van der Waals surface area contributed by atoms with Crippen molar-refractivity contribution in [2.45, 2.75) is 37.4 Å². The number of amides is 1. The van der Waals surface area contributed by atoms with Crippen molar-refractivity contribution in [1.82, 2.24) is 30.4 Å². The van der Waals surface area contributed by atoms with Gasteiger partial charge in [0.05, 0.1) is 6.61 Å². The van der Waals surface area contributed by atoms with Crippen molar-refractivity contribution in [3.8, 4) is 5.75 Å². The van der Waals surface area contributed by atoms with E-state index in [-0.39, 0.29) is 5.16 Å². The van der Waals surface area contributed by atoms with Gasteiger partial charge in [-0.1, -0.05) is 23.7 Å². The lowest BCUT2D eigenvalue weighted by atomic mass is 10.1. The Morgan fingerprint density at radius 3 is 2.77 bits per heavy atom. The highest BCUT2D eigenvalue weighted by Crippen LogP contribution is 2.17. The lowest BCUT2D eigenvalue weighted by Crippen LogP contribution is -2.32. The van der Waals surface area contributed by atoms with Crippen molar-refractivity contribution in [3.63, 3.8) is 0 Å². The minimum atomic E-state index is -3.87. The summed E-state index contributed by atoms with van der Waals surface area (Å²) in [7, 11) is -2.46. The molecule has 1 N–H and O–H groups in total. The molecule has 0 unspecified atom stereocenters. The number of rotatable bonds is 10. The van der Waals surface area contributed by atoms with Crippen LogP contribution in [-0.2, 0) is 28.2 Å². The molecule has 1 aromatic carbocycles. The molecule has 0 radical (unpaired) electrons. The topological polar surface area (TPSA) is 119 Å². The van der Waals surface area contributed by atoms with Gasteiger partial charge in [-0.3, -0.25) is 9.69 Å². The Labute approximate surface area is 176 Å². The number of piperidine rings is 1. The first kappa shape index (κ1) is 22.2. The molecule has 1 aromatic heterocycles. The lowest BCUT2D eigenvalue weighted by Gasteiger charge is -2.26. The second-order valence-electron chi connectivity index (χ2n) is 7.38. The van der Waals surface area contributed by atoms with Crippen molar-refractivity contribution in [1.29, 1.82) is 0 Å². The first-order valence-corrected chi connectivity index (χ1v) is 11.8. The van der Waals surface area contributed by atoms with E-state index in [0.29, 0.717) is 19.6 Å². The van der Waals surface area contributed by atoms with Gasteiger partial charge in [-0.05, 0) is 60.5 Å². The standard InChI is InChI=1S/C19H28N6O4S/c1-24-19(21-22-23-24)30(27,28)15-18(26)20-9-6-12-29-17-8-5-7-16(13-17)14-25-10-3-2-4-11-25/h5,7-8,13H,2-4,6,9-12,14-15H2,1H3,(H,20,26). The Kier molecular flexibility index (Phi) is 7.75. The van der Waals surface area contributed by atoms with Gasteiger partial charge in [0.2, 0.25) is 15.7 Å². The maximum absolute atomic E-state index is 12.1. The summed E-state index contributed by atoms with van der Waals surface area (Å²) in [5.41, 5.74) is 1.23. The van der Waals surface area contributed by atoms with E-state index >= 15 is 0 Å². The normalized spacial score (nSPS) is 15.1. The Morgan fingerprint density at radius 2 is 2.03 bits per heavy atom. The van der Waals surface area contributed by atoms with Crippen LogP contribution in [0.3, 0.4) is 0 Å².